The second-order valence-electron chi connectivity index (χ2n) is 4.31. The van der Waals surface area contributed by atoms with E-state index in [0.717, 1.165) is 17.7 Å². The Morgan fingerprint density at radius 2 is 1.71 bits per heavy atom. The number of alkyl halides is 1. The summed E-state index contributed by atoms with van der Waals surface area (Å²) in [6.07, 6.45) is 0. The van der Waals surface area contributed by atoms with Crippen LogP contribution in [0.1, 0.15) is 22.0 Å². The molecule has 0 saturated heterocycles. The fraction of sp³-hybridized carbons (Fsp3) is 0.133. The summed E-state index contributed by atoms with van der Waals surface area (Å²) in [6.45, 7) is 0. The quantitative estimate of drug-likeness (QED) is 0.651. The van der Waals surface area contributed by atoms with Crippen LogP contribution in [0.2, 0.25) is 0 Å². The topological polar surface area (TPSA) is 29.1 Å². The summed E-state index contributed by atoms with van der Waals surface area (Å²) in [7, 11) is 0. The number of carbonyl (C=O) groups is 1. The number of rotatable bonds is 4. The zero-order chi connectivity index (χ0) is 15.4. The molecule has 0 aliphatic rings. The Labute approximate surface area is 128 Å². The van der Waals surface area contributed by atoms with Crippen molar-refractivity contribution in [1.29, 1.82) is 0 Å². The predicted molar refractivity (Wildman–Crippen MR) is 76.8 cm³/mol. The Bertz CT molecular complexity index is 649. The highest BCUT2D eigenvalue weighted by Crippen LogP contribution is 2.19. The Morgan fingerprint density at radius 1 is 1.05 bits per heavy atom. The van der Waals surface area contributed by atoms with Gasteiger partial charge in [0.15, 0.2) is 17.5 Å². The molecule has 1 N–H and O–H groups in total. The van der Waals surface area contributed by atoms with Gasteiger partial charge in [-0.3, -0.25) is 4.79 Å². The molecule has 0 saturated carbocycles. The van der Waals surface area contributed by atoms with Crippen LogP contribution in [0.4, 0.5) is 13.2 Å². The molecule has 1 atom stereocenters. The maximum Gasteiger partial charge on any atom is 0.254 e. The summed E-state index contributed by atoms with van der Waals surface area (Å²) in [6, 6.07) is 10.3. The van der Waals surface area contributed by atoms with E-state index in [4.69, 9.17) is 0 Å². The van der Waals surface area contributed by atoms with Gasteiger partial charge in [0.2, 0.25) is 0 Å². The van der Waals surface area contributed by atoms with Gasteiger partial charge in [-0.25, -0.2) is 13.2 Å². The van der Waals surface area contributed by atoms with E-state index < -0.39 is 35.0 Å². The van der Waals surface area contributed by atoms with Crippen LogP contribution in [0.5, 0.6) is 0 Å². The van der Waals surface area contributed by atoms with E-state index in [-0.39, 0.29) is 0 Å². The summed E-state index contributed by atoms with van der Waals surface area (Å²) in [4.78, 5) is 12.0. The fourth-order valence-electron chi connectivity index (χ4n) is 1.83. The molecule has 0 heterocycles. The molecule has 2 aromatic rings. The number of benzene rings is 2. The van der Waals surface area contributed by atoms with E-state index >= 15 is 0 Å². The lowest BCUT2D eigenvalue weighted by Crippen LogP contribution is -2.30. The minimum absolute atomic E-state index is 0.397. The molecule has 0 bridgehead atoms. The molecule has 0 fully saturated rings. The van der Waals surface area contributed by atoms with Crippen LogP contribution in [0, 0.1) is 17.5 Å². The molecule has 1 amide bonds. The smallest absolute Gasteiger partial charge is 0.254 e. The van der Waals surface area contributed by atoms with E-state index in [1.54, 1.807) is 24.3 Å². The molecule has 2 aromatic carbocycles. The molecule has 0 radical (unpaired) electrons. The number of carbonyl (C=O) groups excluding carboxylic acids is 1. The Hall–Kier alpha value is -1.82. The van der Waals surface area contributed by atoms with Crippen LogP contribution in [-0.4, -0.2) is 11.2 Å². The first-order chi connectivity index (χ1) is 10.0. The third kappa shape index (κ3) is 3.44. The monoisotopic (exact) mass is 357 g/mol. The van der Waals surface area contributed by atoms with Crippen LogP contribution < -0.4 is 5.32 Å². The largest absolute Gasteiger partial charge is 0.344 e. The lowest BCUT2D eigenvalue weighted by Gasteiger charge is -2.17. The van der Waals surface area contributed by atoms with Gasteiger partial charge in [-0.15, -0.1) is 0 Å². The summed E-state index contributed by atoms with van der Waals surface area (Å²) in [5.41, 5.74) is 0.279. The SMILES string of the molecule is O=C(NC(CBr)c1ccccc1)c1ccc(F)c(F)c1F. The number of hydrogen-bond acceptors (Lipinski definition) is 1. The lowest BCUT2D eigenvalue weighted by atomic mass is 10.1. The van der Waals surface area contributed by atoms with Crippen molar-refractivity contribution in [2.45, 2.75) is 6.04 Å². The first-order valence-corrected chi connectivity index (χ1v) is 7.22. The fourth-order valence-corrected chi connectivity index (χ4v) is 2.37. The molecular weight excluding hydrogens is 347 g/mol. The number of hydrogen-bond donors (Lipinski definition) is 1. The Kier molecular flexibility index (Phi) is 5.01. The molecular formula is C15H11BrF3NO. The summed E-state index contributed by atoms with van der Waals surface area (Å²) >= 11 is 3.26. The van der Waals surface area contributed by atoms with Crippen LogP contribution in [0.3, 0.4) is 0 Å². The number of nitrogens with one attached hydrogen (secondary N) is 1. The molecule has 0 aliphatic carbocycles. The minimum atomic E-state index is -1.65. The number of halogens is 4. The predicted octanol–water partition coefficient (Wildman–Crippen LogP) is 3.97. The lowest BCUT2D eigenvalue weighted by molar-refractivity contribution is 0.0935. The molecule has 110 valence electrons. The maximum atomic E-state index is 13.6. The van der Waals surface area contributed by atoms with Crippen molar-refractivity contribution >= 4 is 21.8 Å². The molecule has 21 heavy (non-hydrogen) atoms. The minimum Gasteiger partial charge on any atom is -0.344 e. The maximum absolute atomic E-state index is 13.6. The van der Waals surface area contributed by atoms with Crippen LogP contribution in [-0.2, 0) is 0 Å². The van der Waals surface area contributed by atoms with Crippen molar-refractivity contribution in [3.05, 3.63) is 71.0 Å². The zero-order valence-corrected chi connectivity index (χ0v) is 12.3. The van der Waals surface area contributed by atoms with Gasteiger partial charge in [0.1, 0.15) is 0 Å². The van der Waals surface area contributed by atoms with Crippen molar-refractivity contribution in [3.8, 4) is 0 Å². The summed E-state index contributed by atoms with van der Waals surface area (Å²) in [5, 5.41) is 2.97. The molecule has 2 rings (SSSR count). The summed E-state index contributed by atoms with van der Waals surface area (Å²) < 4.78 is 39.6. The van der Waals surface area contributed by atoms with E-state index in [9.17, 15) is 18.0 Å². The van der Waals surface area contributed by atoms with Gasteiger partial charge in [-0.2, -0.15) is 0 Å². The highest BCUT2D eigenvalue weighted by atomic mass is 79.9. The third-order valence-corrected chi connectivity index (χ3v) is 3.59. The Balaban J connectivity index is 2.23. The molecule has 6 heteroatoms. The van der Waals surface area contributed by atoms with E-state index in [1.807, 2.05) is 6.07 Å². The first kappa shape index (κ1) is 15.6. The number of amides is 1. The summed E-state index contributed by atoms with van der Waals surface area (Å²) in [5.74, 6) is -5.28. The van der Waals surface area contributed by atoms with Gasteiger partial charge in [-0.05, 0) is 17.7 Å². The Morgan fingerprint density at radius 3 is 2.33 bits per heavy atom. The van der Waals surface area contributed by atoms with Crippen LogP contribution in [0.15, 0.2) is 42.5 Å². The van der Waals surface area contributed by atoms with E-state index in [0.29, 0.717) is 5.33 Å². The van der Waals surface area contributed by atoms with Crippen molar-refractivity contribution in [1.82, 2.24) is 5.32 Å². The molecule has 0 aromatic heterocycles. The van der Waals surface area contributed by atoms with Crippen molar-refractivity contribution < 1.29 is 18.0 Å². The second-order valence-corrected chi connectivity index (χ2v) is 4.96. The molecule has 2 nitrogen and oxygen atoms in total. The molecule has 0 spiro atoms. The third-order valence-electron chi connectivity index (χ3n) is 2.94. The first-order valence-electron chi connectivity index (χ1n) is 6.10. The average Bonchev–Trinajstić information content (AvgIpc) is 2.51. The highest BCUT2D eigenvalue weighted by molar-refractivity contribution is 9.09. The van der Waals surface area contributed by atoms with Gasteiger partial charge < -0.3 is 5.32 Å². The molecule has 1 unspecified atom stereocenters. The van der Waals surface area contributed by atoms with Crippen LogP contribution in [0.25, 0.3) is 0 Å². The van der Waals surface area contributed by atoms with Gasteiger partial charge in [-0.1, -0.05) is 46.3 Å². The average molecular weight is 358 g/mol. The highest BCUT2D eigenvalue weighted by Gasteiger charge is 2.21. The van der Waals surface area contributed by atoms with Gasteiger partial charge in [0.05, 0.1) is 11.6 Å². The van der Waals surface area contributed by atoms with Gasteiger partial charge in [0, 0.05) is 5.33 Å². The second kappa shape index (κ2) is 6.76. The van der Waals surface area contributed by atoms with Gasteiger partial charge >= 0.3 is 0 Å². The van der Waals surface area contributed by atoms with Crippen molar-refractivity contribution in [2.75, 3.05) is 5.33 Å². The van der Waals surface area contributed by atoms with E-state index in [2.05, 4.69) is 21.2 Å². The van der Waals surface area contributed by atoms with Crippen molar-refractivity contribution in [2.24, 2.45) is 0 Å². The van der Waals surface area contributed by atoms with E-state index in [1.165, 1.54) is 0 Å². The molecule has 0 aliphatic heterocycles. The van der Waals surface area contributed by atoms with Crippen molar-refractivity contribution in [3.63, 3.8) is 0 Å². The van der Waals surface area contributed by atoms with Gasteiger partial charge in [0.25, 0.3) is 5.91 Å². The normalized spacial score (nSPS) is 12.0. The standard InChI is InChI=1S/C15H11BrF3NO/c16-8-12(9-4-2-1-3-5-9)20-15(21)10-6-7-11(17)14(19)13(10)18/h1-7,12H,8H2,(H,20,21). The zero-order valence-electron chi connectivity index (χ0n) is 10.7. The van der Waals surface area contributed by atoms with Crippen LogP contribution >= 0.6 is 15.9 Å².